The molecule has 1 N–H and O–H groups in total. The number of carbonyl (C=O) groups excluding carboxylic acids is 1. The van der Waals surface area contributed by atoms with E-state index in [-0.39, 0.29) is 5.91 Å². The van der Waals surface area contributed by atoms with E-state index in [9.17, 15) is 4.79 Å². The number of aryl methyl sites for hydroxylation is 1. The SMILES string of the molecule is CCN1CCN(c2ccccc2NC(=O)CCc2ccc3c(c2)OCCCO3)CC1. The lowest BCUT2D eigenvalue weighted by atomic mass is 10.1. The standard InChI is InChI=1S/C24H31N3O3/c1-2-26-12-14-27(15-13-26)21-7-4-3-6-20(21)25-24(28)11-9-19-8-10-22-23(18-19)30-17-5-16-29-22/h3-4,6-8,10,18H,2,5,9,11-17H2,1H3,(H,25,28). The molecule has 0 radical (unpaired) electrons. The van der Waals surface area contributed by atoms with Gasteiger partial charge in [-0.25, -0.2) is 0 Å². The van der Waals surface area contributed by atoms with Crippen LogP contribution in [0, 0.1) is 0 Å². The number of fused-ring (bicyclic) bond motifs is 1. The van der Waals surface area contributed by atoms with Gasteiger partial charge in [-0.3, -0.25) is 4.79 Å². The normalized spacial score (nSPS) is 16.8. The maximum atomic E-state index is 12.7. The minimum absolute atomic E-state index is 0.0294. The zero-order chi connectivity index (χ0) is 20.8. The molecule has 6 nitrogen and oxygen atoms in total. The highest BCUT2D eigenvalue weighted by Gasteiger charge is 2.19. The van der Waals surface area contributed by atoms with Crippen molar-refractivity contribution in [2.24, 2.45) is 0 Å². The minimum Gasteiger partial charge on any atom is -0.490 e. The van der Waals surface area contributed by atoms with Crippen LogP contribution < -0.4 is 19.7 Å². The fraction of sp³-hybridized carbons (Fsp3) is 0.458. The smallest absolute Gasteiger partial charge is 0.224 e. The molecule has 1 amide bonds. The Balaban J connectivity index is 1.35. The van der Waals surface area contributed by atoms with Crippen LogP contribution in [0.2, 0.25) is 0 Å². The van der Waals surface area contributed by atoms with Gasteiger partial charge in [0.1, 0.15) is 0 Å². The average Bonchev–Trinajstić information content (AvgIpc) is 3.03. The lowest BCUT2D eigenvalue weighted by Crippen LogP contribution is -2.46. The third kappa shape index (κ3) is 5.05. The molecule has 0 spiro atoms. The number of ether oxygens (including phenoxy) is 2. The van der Waals surface area contributed by atoms with E-state index >= 15 is 0 Å². The van der Waals surface area contributed by atoms with E-state index in [0.717, 1.165) is 67.6 Å². The second-order valence-electron chi connectivity index (χ2n) is 7.82. The Kier molecular flexibility index (Phi) is 6.74. The number of hydrogen-bond donors (Lipinski definition) is 1. The Morgan fingerprint density at radius 3 is 2.57 bits per heavy atom. The summed E-state index contributed by atoms with van der Waals surface area (Å²) < 4.78 is 11.4. The van der Waals surface area contributed by atoms with Crippen molar-refractivity contribution in [3.8, 4) is 11.5 Å². The first kappa shape index (κ1) is 20.5. The number of rotatable bonds is 6. The second kappa shape index (κ2) is 9.85. The highest BCUT2D eigenvalue weighted by molar-refractivity contribution is 5.94. The third-order valence-electron chi connectivity index (χ3n) is 5.79. The molecule has 30 heavy (non-hydrogen) atoms. The summed E-state index contributed by atoms with van der Waals surface area (Å²) in [6.45, 7) is 8.72. The van der Waals surface area contributed by atoms with Crippen molar-refractivity contribution in [1.29, 1.82) is 0 Å². The van der Waals surface area contributed by atoms with E-state index < -0.39 is 0 Å². The molecule has 2 aromatic rings. The fourth-order valence-electron chi connectivity index (χ4n) is 3.99. The number of nitrogens with one attached hydrogen (secondary N) is 1. The van der Waals surface area contributed by atoms with Crippen molar-refractivity contribution < 1.29 is 14.3 Å². The Morgan fingerprint density at radius 1 is 1.00 bits per heavy atom. The molecule has 0 saturated carbocycles. The van der Waals surface area contributed by atoms with Crippen LogP contribution in [0.25, 0.3) is 0 Å². The molecule has 1 fully saturated rings. The Hall–Kier alpha value is -2.73. The van der Waals surface area contributed by atoms with Crippen LogP contribution in [0.3, 0.4) is 0 Å². The molecule has 4 rings (SSSR count). The van der Waals surface area contributed by atoms with Gasteiger partial charge in [-0.15, -0.1) is 0 Å². The Bertz CT molecular complexity index is 863. The van der Waals surface area contributed by atoms with Gasteiger partial charge in [0.25, 0.3) is 0 Å². The van der Waals surface area contributed by atoms with E-state index in [0.29, 0.717) is 26.1 Å². The van der Waals surface area contributed by atoms with Gasteiger partial charge >= 0.3 is 0 Å². The van der Waals surface area contributed by atoms with Crippen molar-refractivity contribution in [2.45, 2.75) is 26.2 Å². The largest absolute Gasteiger partial charge is 0.490 e. The van der Waals surface area contributed by atoms with Crippen molar-refractivity contribution in [1.82, 2.24) is 4.90 Å². The van der Waals surface area contributed by atoms with Crippen LogP contribution in [0.4, 0.5) is 11.4 Å². The molecule has 1 saturated heterocycles. The number of para-hydroxylation sites is 2. The molecule has 2 aliphatic heterocycles. The van der Waals surface area contributed by atoms with Gasteiger partial charge in [-0.2, -0.15) is 0 Å². The van der Waals surface area contributed by atoms with Crippen LogP contribution in [0.5, 0.6) is 11.5 Å². The number of benzene rings is 2. The molecule has 0 unspecified atom stereocenters. The average molecular weight is 410 g/mol. The summed E-state index contributed by atoms with van der Waals surface area (Å²) in [6, 6.07) is 14.1. The summed E-state index contributed by atoms with van der Waals surface area (Å²) >= 11 is 0. The molecule has 2 aromatic carbocycles. The van der Waals surface area contributed by atoms with Gasteiger partial charge in [0, 0.05) is 39.0 Å². The monoisotopic (exact) mass is 409 g/mol. The zero-order valence-corrected chi connectivity index (χ0v) is 17.7. The maximum absolute atomic E-state index is 12.7. The number of likely N-dealkylation sites (N-methyl/N-ethyl adjacent to an activating group) is 1. The first-order chi connectivity index (χ1) is 14.7. The number of piperazine rings is 1. The predicted octanol–water partition coefficient (Wildman–Crippen LogP) is 3.56. The topological polar surface area (TPSA) is 54.0 Å². The van der Waals surface area contributed by atoms with E-state index in [1.54, 1.807) is 0 Å². The maximum Gasteiger partial charge on any atom is 0.224 e. The quantitative estimate of drug-likeness (QED) is 0.791. The highest BCUT2D eigenvalue weighted by Crippen LogP contribution is 2.31. The van der Waals surface area contributed by atoms with Crippen molar-refractivity contribution in [2.75, 3.05) is 56.2 Å². The predicted molar refractivity (Wildman–Crippen MR) is 120 cm³/mol. The van der Waals surface area contributed by atoms with Gasteiger partial charge in [0.05, 0.1) is 24.6 Å². The molecule has 160 valence electrons. The lowest BCUT2D eigenvalue weighted by molar-refractivity contribution is -0.116. The fourth-order valence-corrected chi connectivity index (χ4v) is 3.99. The molecule has 0 bridgehead atoms. The van der Waals surface area contributed by atoms with E-state index in [4.69, 9.17) is 9.47 Å². The summed E-state index contributed by atoms with van der Waals surface area (Å²) in [7, 11) is 0. The summed E-state index contributed by atoms with van der Waals surface area (Å²) in [5, 5.41) is 3.13. The molecule has 2 heterocycles. The van der Waals surface area contributed by atoms with Crippen LogP contribution in [0.1, 0.15) is 25.3 Å². The van der Waals surface area contributed by atoms with Crippen molar-refractivity contribution >= 4 is 17.3 Å². The Labute approximate surface area is 178 Å². The van der Waals surface area contributed by atoms with Gasteiger partial charge < -0.3 is 24.6 Å². The van der Waals surface area contributed by atoms with E-state index in [1.807, 2.05) is 36.4 Å². The number of carbonyl (C=O) groups is 1. The van der Waals surface area contributed by atoms with Crippen molar-refractivity contribution in [3.05, 3.63) is 48.0 Å². The van der Waals surface area contributed by atoms with Crippen LogP contribution in [0.15, 0.2) is 42.5 Å². The van der Waals surface area contributed by atoms with Crippen LogP contribution in [-0.4, -0.2) is 56.7 Å². The molecular weight excluding hydrogens is 378 g/mol. The first-order valence-electron chi connectivity index (χ1n) is 11.0. The molecular formula is C24H31N3O3. The van der Waals surface area contributed by atoms with Gasteiger partial charge in [-0.05, 0) is 42.8 Å². The van der Waals surface area contributed by atoms with Crippen LogP contribution >= 0.6 is 0 Å². The number of nitrogens with zero attached hydrogens (tertiary/aromatic N) is 2. The summed E-state index contributed by atoms with van der Waals surface area (Å²) in [5.74, 6) is 1.60. The molecule has 0 atom stereocenters. The minimum atomic E-state index is 0.0294. The van der Waals surface area contributed by atoms with Crippen molar-refractivity contribution in [3.63, 3.8) is 0 Å². The van der Waals surface area contributed by atoms with Gasteiger partial charge in [0.2, 0.25) is 5.91 Å². The number of hydrogen-bond acceptors (Lipinski definition) is 5. The van der Waals surface area contributed by atoms with Gasteiger partial charge in [-0.1, -0.05) is 25.1 Å². The van der Waals surface area contributed by atoms with Gasteiger partial charge in [0.15, 0.2) is 11.5 Å². The zero-order valence-electron chi connectivity index (χ0n) is 17.7. The van der Waals surface area contributed by atoms with Crippen LogP contribution in [-0.2, 0) is 11.2 Å². The third-order valence-corrected chi connectivity index (χ3v) is 5.79. The molecule has 0 aliphatic carbocycles. The summed E-state index contributed by atoms with van der Waals surface area (Å²) in [4.78, 5) is 17.5. The molecule has 2 aliphatic rings. The summed E-state index contributed by atoms with van der Waals surface area (Å²) in [5.41, 5.74) is 3.08. The first-order valence-corrected chi connectivity index (χ1v) is 11.0. The Morgan fingerprint density at radius 2 is 1.77 bits per heavy atom. The number of anilines is 2. The lowest BCUT2D eigenvalue weighted by Gasteiger charge is -2.36. The van der Waals surface area contributed by atoms with E-state index in [2.05, 4.69) is 28.1 Å². The molecule has 0 aromatic heterocycles. The number of amides is 1. The highest BCUT2D eigenvalue weighted by atomic mass is 16.5. The molecule has 6 heteroatoms. The summed E-state index contributed by atoms with van der Waals surface area (Å²) in [6.07, 6.45) is 1.98. The second-order valence-corrected chi connectivity index (χ2v) is 7.82. The van der Waals surface area contributed by atoms with E-state index in [1.165, 1.54) is 0 Å².